The predicted molar refractivity (Wildman–Crippen MR) is 152 cm³/mol. The van der Waals surface area contributed by atoms with E-state index in [2.05, 4.69) is 5.32 Å². The molecule has 9 nitrogen and oxygen atoms in total. The van der Waals surface area contributed by atoms with Crippen LogP contribution in [0.2, 0.25) is 0 Å². The highest BCUT2D eigenvalue weighted by molar-refractivity contribution is 6.12. The molecule has 0 fully saturated rings. The molecule has 40 heavy (non-hydrogen) atoms. The smallest absolute Gasteiger partial charge is 0.353 e. The van der Waals surface area contributed by atoms with E-state index in [4.69, 9.17) is 18.9 Å². The average molecular weight is 542 g/mol. The molecule has 0 saturated carbocycles. The third-order valence-electron chi connectivity index (χ3n) is 7.58. The summed E-state index contributed by atoms with van der Waals surface area (Å²) in [6, 6.07) is 17.0. The summed E-state index contributed by atoms with van der Waals surface area (Å²) in [5.74, 6) is 0.964. The number of carbonyl (C=O) groups is 2. The number of carbonyl (C=O) groups excluding carboxylic acids is 2. The number of nitrogens with one attached hydrogen (secondary N) is 1. The minimum atomic E-state index is -0.810. The minimum absolute atomic E-state index is 0.0660. The lowest BCUT2D eigenvalue weighted by Crippen LogP contribution is -2.57. The Balaban J connectivity index is 1.42. The van der Waals surface area contributed by atoms with Crippen LogP contribution in [0.25, 0.3) is 11.1 Å². The first-order valence-corrected chi connectivity index (χ1v) is 13.1. The van der Waals surface area contributed by atoms with Crippen LogP contribution in [-0.2, 0) is 20.9 Å². The molecule has 3 heterocycles. The molecule has 1 N–H and O–H groups in total. The fourth-order valence-electron chi connectivity index (χ4n) is 5.52. The molecule has 0 aromatic heterocycles. The maximum Gasteiger partial charge on any atom is 0.353 e. The van der Waals surface area contributed by atoms with Crippen LogP contribution in [0.5, 0.6) is 17.2 Å². The Morgan fingerprint density at radius 2 is 1.77 bits per heavy atom. The van der Waals surface area contributed by atoms with Gasteiger partial charge < -0.3 is 24.3 Å². The van der Waals surface area contributed by atoms with Crippen LogP contribution in [-0.4, -0.2) is 37.7 Å². The third-order valence-corrected chi connectivity index (χ3v) is 7.58. The molecule has 9 heteroatoms. The fraction of sp³-hybridized carbons (Fsp3) is 0.290. The van der Waals surface area contributed by atoms with E-state index in [1.807, 2.05) is 74.3 Å². The van der Waals surface area contributed by atoms with Crippen molar-refractivity contribution < 1.29 is 28.5 Å². The number of para-hydroxylation sites is 2. The maximum absolute atomic E-state index is 13.8. The van der Waals surface area contributed by atoms with Crippen molar-refractivity contribution in [3.63, 3.8) is 0 Å². The van der Waals surface area contributed by atoms with E-state index in [0.29, 0.717) is 23.8 Å². The molecule has 1 amide bonds. The zero-order valence-corrected chi connectivity index (χ0v) is 23.1. The zero-order valence-electron chi connectivity index (χ0n) is 23.1. The third kappa shape index (κ3) is 4.00. The second-order valence-electron chi connectivity index (χ2n) is 10.6. The molecule has 0 saturated heterocycles. The number of hydrogen-bond donors (Lipinski definition) is 1. The van der Waals surface area contributed by atoms with Gasteiger partial charge in [-0.15, -0.1) is 0 Å². The van der Waals surface area contributed by atoms with Gasteiger partial charge in [0.05, 0.1) is 38.4 Å². The van der Waals surface area contributed by atoms with Gasteiger partial charge in [0, 0.05) is 23.1 Å². The Labute approximate surface area is 232 Å². The molecule has 3 aromatic rings. The SMILES string of the molecule is COc1cc(OC(=O)C2OC=CC2C)ccc1-c1ccc2c3c1CN(c1ccccc1OC)N3C(=O)C(C)(C)N2. The van der Waals surface area contributed by atoms with Gasteiger partial charge in [-0.1, -0.05) is 25.1 Å². The van der Waals surface area contributed by atoms with E-state index in [-0.39, 0.29) is 11.8 Å². The molecule has 3 aromatic carbocycles. The van der Waals surface area contributed by atoms with Crippen molar-refractivity contribution in [1.29, 1.82) is 0 Å². The van der Waals surface area contributed by atoms with Gasteiger partial charge in [0.2, 0.25) is 6.10 Å². The Morgan fingerprint density at radius 3 is 2.50 bits per heavy atom. The highest BCUT2D eigenvalue weighted by Gasteiger charge is 2.47. The number of anilines is 3. The second kappa shape index (κ2) is 9.51. The van der Waals surface area contributed by atoms with Gasteiger partial charge in [-0.25, -0.2) is 9.80 Å². The van der Waals surface area contributed by atoms with Crippen LogP contribution in [0.1, 0.15) is 26.3 Å². The summed E-state index contributed by atoms with van der Waals surface area (Å²) >= 11 is 0. The lowest BCUT2D eigenvalue weighted by Gasteiger charge is -2.41. The summed E-state index contributed by atoms with van der Waals surface area (Å²) in [5, 5.41) is 7.12. The van der Waals surface area contributed by atoms with Crippen LogP contribution in [0.3, 0.4) is 0 Å². The monoisotopic (exact) mass is 541 g/mol. The molecule has 2 atom stereocenters. The molecule has 206 valence electrons. The normalized spacial score (nSPS) is 20.1. The van der Waals surface area contributed by atoms with Crippen LogP contribution in [0.15, 0.2) is 66.9 Å². The summed E-state index contributed by atoms with van der Waals surface area (Å²) < 4.78 is 22.4. The van der Waals surface area contributed by atoms with Gasteiger partial charge in [-0.05, 0) is 55.8 Å². The van der Waals surface area contributed by atoms with Crippen LogP contribution in [0.4, 0.5) is 17.1 Å². The summed E-state index contributed by atoms with van der Waals surface area (Å²) in [4.78, 5) is 26.5. The second-order valence-corrected chi connectivity index (χ2v) is 10.6. The van der Waals surface area contributed by atoms with Gasteiger partial charge >= 0.3 is 5.97 Å². The average Bonchev–Trinajstić information content (AvgIpc) is 3.56. The molecular weight excluding hydrogens is 510 g/mol. The van der Waals surface area contributed by atoms with Crippen molar-refractivity contribution in [2.24, 2.45) is 5.92 Å². The molecule has 3 aliphatic rings. The van der Waals surface area contributed by atoms with Crippen molar-refractivity contribution in [2.45, 2.75) is 39.0 Å². The Kier molecular flexibility index (Phi) is 6.09. The number of hydrogen-bond acceptors (Lipinski definition) is 8. The van der Waals surface area contributed by atoms with Crippen LogP contribution < -0.4 is 29.5 Å². The Bertz CT molecular complexity index is 1550. The Hall–Kier alpha value is -4.66. The lowest BCUT2D eigenvalue weighted by atomic mass is 9.93. The van der Waals surface area contributed by atoms with E-state index in [1.54, 1.807) is 31.4 Å². The number of benzene rings is 3. The van der Waals surface area contributed by atoms with E-state index >= 15 is 0 Å². The van der Waals surface area contributed by atoms with E-state index in [0.717, 1.165) is 33.8 Å². The van der Waals surface area contributed by atoms with E-state index in [1.165, 1.54) is 6.26 Å². The molecule has 3 aliphatic heterocycles. The van der Waals surface area contributed by atoms with E-state index in [9.17, 15) is 9.59 Å². The first-order chi connectivity index (χ1) is 19.2. The molecule has 0 radical (unpaired) electrons. The van der Waals surface area contributed by atoms with Crippen LogP contribution >= 0.6 is 0 Å². The topological polar surface area (TPSA) is 89.6 Å². The number of esters is 1. The number of ether oxygens (including phenoxy) is 4. The number of methoxy groups -OCH3 is 2. The molecular formula is C31H31N3O6. The Morgan fingerprint density at radius 1 is 1.02 bits per heavy atom. The van der Waals surface area contributed by atoms with Crippen molar-refractivity contribution in [3.05, 3.63) is 72.5 Å². The maximum atomic E-state index is 13.8. The van der Waals surface area contributed by atoms with E-state index < -0.39 is 17.6 Å². The first kappa shape index (κ1) is 25.6. The number of amides is 1. The van der Waals surface area contributed by atoms with Crippen molar-refractivity contribution in [2.75, 3.05) is 29.6 Å². The zero-order chi connectivity index (χ0) is 28.2. The summed E-state index contributed by atoms with van der Waals surface area (Å²) in [6.07, 6.45) is 2.68. The van der Waals surface area contributed by atoms with Crippen molar-refractivity contribution in [3.8, 4) is 28.4 Å². The molecule has 0 spiro atoms. The fourth-order valence-corrected chi connectivity index (χ4v) is 5.52. The van der Waals surface area contributed by atoms with Gasteiger partial charge in [0.25, 0.3) is 5.91 Å². The molecule has 0 aliphatic carbocycles. The van der Waals surface area contributed by atoms with Crippen molar-refractivity contribution in [1.82, 2.24) is 0 Å². The molecule has 2 unspecified atom stereocenters. The highest BCUT2D eigenvalue weighted by Crippen LogP contribution is 2.51. The number of rotatable bonds is 6. The molecule has 0 bridgehead atoms. The standard InChI is InChI=1S/C31H31N3O6/c1-18-14-15-39-28(18)29(35)40-19-10-11-21(26(16-19)38-5)20-12-13-23-27-22(20)17-33(24-8-6-7-9-25(24)37-4)34(27)30(36)31(2,3)32-23/h6-16,18,28,32H,17H2,1-5H3. The first-order valence-electron chi connectivity index (χ1n) is 13.1. The number of hydrazine groups is 1. The van der Waals surface area contributed by atoms with Crippen LogP contribution in [0, 0.1) is 5.92 Å². The number of nitrogens with zero attached hydrogens (tertiary/aromatic N) is 2. The lowest BCUT2D eigenvalue weighted by molar-refractivity contribution is -0.144. The highest BCUT2D eigenvalue weighted by atomic mass is 16.6. The largest absolute Gasteiger partial charge is 0.496 e. The minimum Gasteiger partial charge on any atom is -0.496 e. The summed E-state index contributed by atoms with van der Waals surface area (Å²) in [5.41, 5.74) is 4.32. The van der Waals surface area contributed by atoms with Gasteiger partial charge in [-0.2, -0.15) is 0 Å². The summed E-state index contributed by atoms with van der Waals surface area (Å²) in [6.45, 7) is 6.09. The van der Waals surface area contributed by atoms with Gasteiger partial charge in [0.15, 0.2) is 0 Å². The van der Waals surface area contributed by atoms with Gasteiger partial charge in [0.1, 0.15) is 28.5 Å². The molecule has 6 rings (SSSR count). The van der Waals surface area contributed by atoms with Gasteiger partial charge in [-0.3, -0.25) is 9.80 Å². The quantitative estimate of drug-likeness (QED) is 0.332. The summed E-state index contributed by atoms with van der Waals surface area (Å²) in [7, 11) is 3.20. The predicted octanol–water partition coefficient (Wildman–Crippen LogP) is 5.30. The van der Waals surface area contributed by atoms with Crippen molar-refractivity contribution >= 4 is 28.9 Å².